The molecule has 1 saturated heterocycles. The number of aliphatic carboxylic acids is 2. The maximum absolute atomic E-state index is 13.0. The molecule has 0 saturated carbocycles. The highest BCUT2D eigenvalue weighted by Gasteiger charge is 2.30. The number of halogens is 1. The summed E-state index contributed by atoms with van der Waals surface area (Å²) in [4.78, 5) is 32.1. The highest BCUT2D eigenvalue weighted by atomic mass is 32.2. The Morgan fingerprint density at radius 3 is 1.85 bits per heavy atom. The lowest BCUT2D eigenvalue weighted by atomic mass is 10.3. The predicted molar refractivity (Wildman–Crippen MR) is 115 cm³/mol. The van der Waals surface area contributed by atoms with Gasteiger partial charge in [-0.15, -0.1) is 0 Å². The van der Waals surface area contributed by atoms with Crippen molar-refractivity contribution < 1.29 is 46.9 Å². The third kappa shape index (κ3) is 7.42. The number of nitrogens with zero attached hydrogens (tertiary/aromatic N) is 2. The lowest BCUT2D eigenvalue weighted by Crippen LogP contribution is -2.51. The zero-order valence-electron chi connectivity index (χ0n) is 18.1. The number of carboxylic acids is 2. The predicted octanol–water partition coefficient (Wildman–Crippen LogP) is 0.902. The molecular weight excluding hydrogens is 475 g/mol. The van der Waals surface area contributed by atoms with Gasteiger partial charge in [-0.05, 0) is 48.5 Å². The van der Waals surface area contributed by atoms with Gasteiger partial charge in [0.25, 0.3) is 5.91 Å². The largest absolute Gasteiger partial charge is 0.497 e. The summed E-state index contributed by atoms with van der Waals surface area (Å²) in [6, 6.07) is 11.6. The Hall–Kier alpha value is -3.71. The van der Waals surface area contributed by atoms with Crippen molar-refractivity contribution in [3.8, 4) is 11.5 Å². The number of ether oxygens (including phenoxy) is 2. The molecule has 1 heterocycles. The summed E-state index contributed by atoms with van der Waals surface area (Å²) in [5.41, 5.74) is 0. The number of carboxylic acid groups (broad SMARTS) is 2. The van der Waals surface area contributed by atoms with Gasteiger partial charge in [0.2, 0.25) is 10.0 Å². The molecule has 0 spiro atoms. The molecular formula is C21H23FN2O9S. The van der Waals surface area contributed by atoms with Crippen LogP contribution in [0.4, 0.5) is 4.39 Å². The zero-order valence-corrected chi connectivity index (χ0v) is 18.9. The second kappa shape index (κ2) is 12.0. The van der Waals surface area contributed by atoms with Crippen molar-refractivity contribution in [2.75, 3.05) is 39.9 Å². The first kappa shape index (κ1) is 26.5. The lowest BCUT2D eigenvalue weighted by Gasteiger charge is -2.34. The molecule has 11 nitrogen and oxygen atoms in total. The molecule has 1 aliphatic heterocycles. The van der Waals surface area contributed by atoms with Crippen LogP contribution >= 0.6 is 0 Å². The van der Waals surface area contributed by atoms with E-state index in [-0.39, 0.29) is 43.6 Å². The summed E-state index contributed by atoms with van der Waals surface area (Å²) < 4.78 is 50.1. The summed E-state index contributed by atoms with van der Waals surface area (Å²) in [6.45, 7) is 0.759. The van der Waals surface area contributed by atoms with Crippen LogP contribution in [0.5, 0.6) is 11.5 Å². The fourth-order valence-corrected chi connectivity index (χ4v) is 4.26. The van der Waals surface area contributed by atoms with E-state index in [0.717, 1.165) is 12.1 Å². The van der Waals surface area contributed by atoms with Crippen LogP contribution in [-0.4, -0.2) is 85.6 Å². The first-order valence-electron chi connectivity index (χ1n) is 9.81. The fraction of sp³-hybridized carbons (Fsp3) is 0.286. The number of carbonyl (C=O) groups excluding carboxylic acids is 1. The van der Waals surface area contributed by atoms with Gasteiger partial charge in [0.05, 0.1) is 12.0 Å². The van der Waals surface area contributed by atoms with Crippen LogP contribution in [-0.2, 0) is 24.4 Å². The smallest absolute Gasteiger partial charge is 0.414 e. The molecule has 0 unspecified atom stereocenters. The van der Waals surface area contributed by atoms with E-state index in [9.17, 15) is 17.6 Å². The van der Waals surface area contributed by atoms with E-state index >= 15 is 0 Å². The summed E-state index contributed by atoms with van der Waals surface area (Å²) in [6.07, 6.45) is 0. The molecule has 13 heteroatoms. The van der Waals surface area contributed by atoms with E-state index in [0.29, 0.717) is 11.5 Å². The van der Waals surface area contributed by atoms with E-state index < -0.39 is 27.8 Å². The number of benzene rings is 2. The van der Waals surface area contributed by atoms with Crippen LogP contribution in [0.3, 0.4) is 0 Å². The lowest BCUT2D eigenvalue weighted by molar-refractivity contribution is -0.159. The number of sulfonamides is 1. The Balaban J connectivity index is 0.000000604. The van der Waals surface area contributed by atoms with Crippen LogP contribution < -0.4 is 9.47 Å². The normalized spacial score (nSPS) is 13.9. The molecule has 3 rings (SSSR count). The maximum atomic E-state index is 13.0. The van der Waals surface area contributed by atoms with Gasteiger partial charge in [0.1, 0.15) is 17.3 Å². The molecule has 1 aliphatic rings. The van der Waals surface area contributed by atoms with Gasteiger partial charge in [-0.2, -0.15) is 4.31 Å². The van der Waals surface area contributed by atoms with Crippen LogP contribution in [0, 0.1) is 5.82 Å². The minimum absolute atomic E-state index is 0.0384. The fourth-order valence-electron chi connectivity index (χ4n) is 2.84. The van der Waals surface area contributed by atoms with Crippen molar-refractivity contribution in [2.24, 2.45) is 0 Å². The highest BCUT2D eigenvalue weighted by Crippen LogP contribution is 2.19. The SMILES string of the molecule is COc1ccc(OCC(=O)N2CCN(S(=O)(=O)c3ccc(F)cc3)CC2)cc1.O=C(O)C(=O)O. The Bertz CT molecular complexity index is 1090. The molecule has 0 aromatic heterocycles. The summed E-state index contributed by atoms with van der Waals surface area (Å²) in [5.74, 6) is -3.12. The first-order valence-corrected chi connectivity index (χ1v) is 11.2. The van der Waals surface area contributed by atoms with Crippen molar-refractivity contribution in [2.45, 2.75) is 4.90 Å². The Morgan fingerprint density at radius 1 is 0.882 bits per heavy atom. The number of hydrogen-bond acceptors (Lipinski definition) is 7. The molecule has 1 fully saturated rings. The third-order valence-corrected chi connectivity index (χ3v) is 6.56. The van der Waals surface area contributed by atoms with Crippen molar-refractivity contribution in [3.63, 3.8) is 0 Å². The average molecular weight is 498 g/mol. The van der Waals surface area contributed by atoms with E-state index in [1.807, 2.05) is 0 Å². The van der Waals surface area contributed by atoms with Gasteiger partial charge < -0.3 is 24.6 Å². The van der Waals surface area contributed by atoms with Crippen molar-refractivity contribution in [1.82, 2.24) is 9.21 Å². The van der Waals surface area contributed by atoms with Crippen molar-refractivity contribution in [3.05, 3.63) is 54.3 Å². The standard InChI is InChI=1S/C19H21FN2O5S.C2H2O4/c1-26-16-4-6-17(7-5-16)27-14-19(23)21-10-12-22(13-11-21)28(24,25)18-8-2-15(20)3-9-18;3-1(4)2(5)6/h2-9H,10-14H2,1H3;(H,3,4)(H,5,6). The Kier molecular flexibility index (Phi) is 9.33. The van der Waals surface area contributed by atoms with Crippen molar-refractivity contribution in [1.29, 1.82) is 0 Å². The molecule has 0 aliphatic carbocycles. The molecule has 184 valence electrons. The second-order valence-corrected chi connectivity index (χ2v) is 8.75. The number of piperazine rings is 1. The molecule has 0 bridgehead atoms. The third-order valence-electron chi connectivity index (χ3n) is 4.65. The van der Waals surface area contributed by atoms with E-state index in [1.165, 1.54) is 16.4 Å². The molecule has 1 amide bonds. The number of rotatable bonds is 6. The van der Waals surface area contributed by atoms with Crippen LogP contribution in [0.15, 0.2) is 53.4 Å². The Labute approximate surface area is 195 Å². The average Bonchev–Trinajstić information content (AvgIpc) is 2.83. The van der Waals surface area contributed by atoms with E-state index in [2.05, 4.69) is 0 Å². The van der Waals surface area contributed by atoms with Gasteiger partial charge >= 0.3 is 11.9 Å². The molecule has 2 aromatic rings. The topological polar surface area (TPSA) is 151 Å². The minimum Gasteiger partial charge on any atom is -0.497 e. The number of carbonyl (C=O) groups is 3. The van der Waals surface area contributed by atoms with Gasteiger partial charge in [-0.1, -0.05) is 0 Å². The molecule has 2 aromatic carbocycles. The van der Waals surface area contributed by atoms with Gasteiger partial charge in [-0.3, -0.25) is 4.79 Å². The van der Waals surface area contributed by atoms with Crippen LogP contribution in [0.2, 0.25) is 0 Å². The van der Waals surface area contributed by atoms with Gasteiger partial charge in [-0.25, -0.2) is 22.4 Å². The van der Waals surface area contributed by atoms with Crippen LogP contribution in [0.1, 0.15) is 0 Å². The maximum Gasteiger partial charge on any atom is 0.414 e. The number of hydrogen-bond donors (Lipinski definition) is 2. The summed E-state index contributed by atoms with van der Waals surface area (Å²) >= 11 is 0. The van der Waals surface area contributed by atoms with Crippen LogP contribution in [0.25, 0.3) is 0 Å². The molecule has 0 radical (unpaired) electrons. The number of amides is 1. The Morgan fingerprint density at radius 2 is 1.38 bits per heavy atom. The second-order valence-electron chi connectivity index (χ2n) is 6.81. The number of methoxy groups -OCH3 is 1. The minimum atomic E-state index is -3.70. The monoisotopic (exact) mass is 498 g/mol. The zero-order chi connectivity index (χ0) is 25.3. The van der Waals surface area contributed by atoms with Crippen molar-refractivity contribution >= 4 is 27.9 Å². The summed E-state index contributed by atoms with van der Waals surface area (Å²) in [7, 11) is -2.14. The van der Waals surface area contributed by atoms with Gasteiger partial charge in [0, 0.05) is 26.2 Å². The quantitative estimate of drug-likeness (QED) is 0.554. The van der Waals surface area contributed by atoms with E-state index in [4.69, 9.17) is 29.3 Å². The molecule has 0 atom stereocenters. The summed E-state index contributed by atoms with van der Waals surface area (Å²) in [5, 5.41) is 14.8. The molecule has 2 N–H and O–H groups in total. The highest BCUT2D eigenvalue weighted by molar-refractivity contribution is 7.89. The van der Waals surface area contributed by atoms with E-state index in [1.54, 1.807) is 36.3 Å². The first-order chi connectivity index (χ1) is 16.0. The molecule has 34 heavy (non-hydrogen) atoms. The van der Waals surface area contributed by atoms with Gasteiger partial charge in [0.15, 0.2) is 6.61 Å².